The number of aromatic nitrogens is 3. The maximum absolute atomic E-state index is 15.9. The Morgan fingerprint density at radius 1 is 1.07 bits per heavy atom. The fourth-order valence-corrected chi connectivity index (χ4v) is 7.17. The summed E-state index contributed by atoms with van der Waals surface area (Å²) in [5.74, 6) is -3.60. The molecule has 2 fully saturated rings. The highest BCUT2D eigenvalue weighted by atomic mass is 32.2. The second-order valence-corrected chi connectivity index (χ2v) is 14.5. The molecule has 3 heterocycles. The Balaban J connectivity index is 1.71. The fraction of sp³-hybridized carbons (Fsp3) is 0.290. The van der Waals surface area contributed by atoms with Gasteiger partial charge < -0.3 is 9.80 Å². The molecule has 231 valence electrons. The van der Waals surface area contributed by atoms with Crippen molar-refractivity contribution in [2.45, 2.75) is 35.7 Å². The van der Waals surface area contributed by atoms with E-state index in [0.717, 1.165) is 47.9 Å². The minimum Gasteiger partial charge on any atom is -0.350 e. The number of carbonyl (C=O) groups excluding carboxylic acids is 1. The van der Waals surface area contributed by atoms with Crippen LogP contribution in [0.5, 0.6) is 0 Å². The average molecular weight is 651 g/mol. The normalized spacial score (nSPS) is 18.8. The third-order valence-electron chi connectivity index (χ3n) is 8.10. The quantitative estimate of drug-likeness (QED) is 0.231. The van der Waals surface area contributed by atoms with Crippen LogP contribution in [0.15, 0.2) is 64.8 Å². The van der Waals surface area contributed by atoms with Gasteiger partial charge in [0.15, 0.2) is 21.3 Å². The predicted octanol–water partition coefficient (Wildman–Crippen LogP) is 3.87. The van der Waals surface area contributed by atoms with Crippen molar-refractivity contribution in [2.24, 2.45) is 0 Å². The summed E-state index contributed by atoms with van der Waals surface area (Å²) >= 11 is 0. The van der Waals surface area contributed by atoms with E-state index < -0.39 is 49.4 Å². The van der Waals surface area contributed by atoms with Crippen molar-refractivity contribution in [3.63, 3.8) is 0 Å². The second-order valence-electron chi connectivity index (χ2n) is 11.5. The topological polar surface area (TPSA) is 105 Å². The lowest BCUT2D eigenvalue weighted by Gasteiger charge is -2.47. The van der Waals surface area contributed by atoms with Gasteiger partial charge in [-0.1, -0.05) is 24.8 Å². The van der Waals surface area contributed by atoms with Crippen LogP contribution in [0.3, 0.4) is 0 Å². The van der Waals surface area contributed by atoms with Crippen LogP contribution in [0.2, 0.25) is 0 Å². The minimum absolute atomic E-state index is 0.00813. The number of para-hydroxylation sites is 1. The van der Waals surface area contributed by atoms with Crippen molar-refractivity contribution < 1.29 is 26.4 Å². The van der Waals surface area contributed by atoms with Gasteiger partial charge in [-0.05, 0) is 61.6 Å². The number of benzene rings is 2. The number of nitrogens with zero attached hydrogens (tertiary/aromatic N) is 5. The molecule has 1 saturated carbocycles. The molecule has 45 heavy (non-hydrogen) atoms. The Bertz CT molecular complexity index is 2060. The molecule has 6 rings (SSSR count). The number of carbonyl (C=O) groups is 1. The van der Waals surface area contributed by atoms with Gasteiger partial charge in [0.1, 0.15) is 23.1 Å². The number of fused-ring (bicyclic) bond motifs is 1. The molecule has 1 saturated heterocycles. The maximum Gasteiger partial charge on any atom is 0.355 e. The molecule has 1 atom stereocenters. The van der Waals surface area contributed by atoms with E-state index in [1.54, 1.807) is 28.9 Å². The third kappa shape index (κ3) is 5.35. The Labute approximate surface area is 260 Å². The number of amides is 1. The SMILES string of the molecule is C=CC(=O)N1CCN(c2nc(=O)n(-c3c(C4CC4)cccc3S(C)(=O)=O)c3nc(-c4c(F)cccc4F)c(F)cc23)[C@@](C)([Si])C1. The molecule has 1 aliphatic heterocycles. The van der Waals surface area contributed by atoms with Crippen LogP contribution in [0, 0.1) is 17.5 Å². The molecular formula is C31H27F3N5O4SSi. The molecular weight excluding hydrogens is 624 g/mol. The number of rotatable bonds is 6. The fourth-order valence-electron chi connectivity index (χ4n) is 5.87. The van der Waals surface area contributed by atoms with Gasteiger partial charge in [0.05, 0.1) is 31.8 Å². The van der Waals surface area contributed by atoms with Crippen molar-refractivity contribution in [2.75, 3.05) is 30.8 Å². The number of sulfone groups is 1. The predicted molar refractivity (Wildman–Crippen MR) is 164 cm³/mol. The molecule has 0 N–H and O–H groups in total. The molecule has 0 bridgehead atoms. The van der Waals surface area contributed by atoms with E-state index in [0.29, 0.717) is 5.56 Å². The lowest BCUT2D eigenvalue weighted by molar-refractivity contribution is -0.127. The van der Waals surface area contributed by atoms with E-state index in [1.807, 2.05) is 0 Å². The summed E-state index contributed by atoms with van der Waals surface area (Å²) in [6.45, 7) is 5.78. The zero-order valence-corrected chi connectivity index (χ0v) is 26.2. The summed E-state index contributed by atoms with van der Waals surface area (Å²) < 4.78 is 72.9. The van der Waals surface area contributed by atoms with Crippen LogP contribution in [-0.2, 0) is 14.6 Å². The van der Waals surface area contributed by atoms with Crippen LogP contribution < -0.4 is 10.6 Å². The Hall–Kier alpha value is -4.30. The lowest BCUT2D eigenvalue weighted by atomic mass is 10.1. The highest BCUT2D eigenvalue weighted by Gasteiger charge is 2.38. The van der Waals surface area contributed by atoms with Gasteiger partial charge >= 0.3 is 5.69 Å². The summed E-state index contributed by atoms with van der Waals surface area (Å²) in [5.41, 5.74) is -2.04. The number of hydrogen-bond donors (Lipinski definition) is 0. The largest absolute Gasteiger partial charge is 0.355 e. The number of pyridine rings is 1. The smallest absolute Gasteiger partial charge is 0.350 e. The first-order valence-corrected chi connectivity index (χ1v) is 16.5. The van der Waals surface area contributed by atoms with E-state index in [-0.39, 0.29) is 58.9 Å². The summed E-state index contributed by atoms with van der Waals surface area (Å²) in [5, 5.41) is -1.02. The van der Waals surface area contributed by atoms with Gasteiger partial charge in [0.2, 0.25) is 5.91 Å². The van der Waals surface area contributed by atoms with Gasteiger partial charge in [0, 0.05) is 31.1 Å². The van der Waals surface area contributed by atoms with E-state index in [4.69, 9.17) is 0 Å². The van der Waals surface area contributed by atoms with Crippen molar-refractivity contribution in [3.8, 4) is 16.9 Å². The van der Waals surface area contributed by atoms with Gasteiger partial charge in [-0.2, -0.15) is 4.98 Å². The van der Waals surface area contributed by atoms with Crippen molar-refractivity contribution in [3.05, 3.63) is 88.6 Å². The molecule has 1 amide bonds. The number of halogens is 3. The van der Waals surface area contributed by atoms with E-state index in [2.05, 4.69) is 26.8 Å². The average Bonchev–Trinajstić information content (AvgIpc) is 3.81. The Kier molecular flexibility index (Phi) is 7.47. The monoisotopic (exact) mass is 650 g/mol. The van der Waals surface area contributed by atoms with Crippen LogP contribution in [-0.4, -0.2) is 75.1 Å². The number of piperazine rings is 1. The summed E-state index contributed by atoms with van der Waals surface area (Å²) in [6.07, 6.45) is 3.69. The number of hydrogen-bond acceptors (Lipinski definition) is 7. The maximum atomic E-state index is 15.9. The van der Waals surface area contributed by atoms with E-state index >= 15 is 4.39 Å². The minimum atomic E-state index is -3.92. The Morgan fingerprint density at radius 2 is 1.73 bits per heavy atom. The molecule has 0 spiro atoms. The molecule has 2 aliphatic rings. The van der Waals surface area contributed by atoms with E-state index in [9.17, 15) is 26.8 Å². The molecule has 14 heteroatoms. The molecule has 4 aromatic rings. The van der Waals surface area contributed by atoms with E-state index in [1.165, 1.54) is 12.1 Å². The van der Waals surface area contributed by atoms with Gasteiger partial charge in [-0.3, -0.25) is 4.79 Å². The highest BCUT2D eigenvalue weighted by Crippen LogP contribution is 2.45. The Morgan fingerprint density at radius 3 is 2.33 bits per heavy atom. The van der Waals surface area contributed by atoms with Crippen LogP contribution in [0.4, 0.5) is 19.0 Å². The molecule has 1 aliphatic carbocycles. The molecule has 2 aromatic heterocycles. The first kappa shape index (κ1) is 30.7. The first-order valence-electron chi connectivity index (χ1n) is 14.1. The standard InChI is InChI=1S/C31H27F3N5O4SSi/c1-4-24(40)37-13-14-38(31(2,45)16-37)28-19-15-22(34)26(25-20(32)8-6-9-21(25)33)35-29(19)39(30(41)36-28)27-18(17-11-12-17)7-5-10-23(27)44(3,42)43/h4-10,15,17H,1,11-14,16H2,2-3H3/t31-/m0/s1. The third-order valence-corrected chi connectivity index (χ3v) is 9.66. The summed E-state index contributed by atoms with van der Waals surface area (Å²) in [6, 6.07) is 8.68. The van der Waals surface area contributed by atoms with Gasteiger partial charge in [-0.15, -0.1) is 0 Å². The molecule has 3 radical (unpaired) electrons. The zero-order chi connectivity index (χ0) is 32.4. The first-order chi connectivity index (χ1) is 21.2. The summed E-state index contributed by atoms with van der Waals surface area (Å²) in [4.78, 5) is 38.2. The van der Waals surface area contributed by atoms with Gasteiger partial charge in [0.25, 0.3) is 0 Å². The van der Waals surface area contributed by atoms with Crippen LogP contribution >= 0.6 is 0 Å². The van der Waals surface area contributed by atoms with Crippen LogP contribution in [0.1, 0.15) is 31.2 Å². The highest BCUT2D eigenvalue weighted by molar-refractivity contribution is 7.90. The van der Waals surface area contributed by atoms with Crippen molar-refractivity contribution in [1.82, 2.24) is 19.4 Å². The lowest BCUT2D eigenvalue weighted by Crippen LogP contribution is -2.63. The van der Waals surface area contributed by atoms with Gasteiger partial charge in [-0.25, -0.2) is 35.9 Å². The molecule has 0 unspecified atom stereocenters. The van der Waals surface area contributed by atoms with Crippen LogP contribution in [0.25, 0.3) is 28.0 Å². The number of anilines is 1. The second kappa shape index (κ2) is 10.9. The van der Waals surface area contributed by atoms with Crippen molar-refractivity contribution >= 4 is 42.8 Å². The molecule has 9 nitrogen and oxygen atoms in total. The molecule has 2 aromatic carbocycles. The zero-order valence-electron chi connectivity index (χ0n) is 24.3. The van der Waals surface area contributed by atoms with Crippen molar-refractivity contribution in [1.29, 1.82) is 0 Å². The summed E-state index contributed by atoms with van der Waals surface area (Å²) in [7, 11) is -0.222.